The number of amides is 3. The number of hydrogen-bond donors (Lipinski definition) is 4. The molecule has 0 saturated heterocycles. The Morgan fingerprint density at radius 3 is 2.28 bits per heavy atom. The van der Waals surface area contributed by atoms with Crippen molar-refractivity contribution in [1.82, 2.24) is 16.0 Å². The van der Waals surface area contributed by atoms with Gasteiger partial charge >= 0.3 is 12.0 Å². The van der Waals surface area contributed by atoms with E-state index in [4.69, 9.17) is 5.11 Å². The number of carboxylic acid groups (broad SMARTS) is 1. The summed E-state index contributed by atoms with van der Waals surface area (Å²) < 4.78 is 0. The Bertz CT molecular complexity index is 294. The normalized spacial score (nSPS) is 11.4. The van der Waals surface area contributed by atoms with Gasteiger partial charge in [0.15, 0.2) is 0 Å². The molecule has 104 valence electrons. The average Bonchev–Trinajstić information content (AvgIpc) is 2.33. The fourth-order valence-corrected chi connectivity index (χ4v) is 1.36. The van der Waals surface area contributed by atoms with Crippen LogP contribution in [0.1, 0.15) is 33.1 Å². The van der Waals surface area contributed by atoms with E-state index in [0.29, 0.717) is 0 Å². The van der Waals surface area contributed by atoms with Crippen LogP contribution in [0.3, 0.4) is 0 Å². The van der Waals surface area contributed by atoms with E-state index in [1.54, 1.807) is 0 Å². The van der Waals surface area contributed by atoms with Crippen molar-refractivity contribution in [2.24, 2.45) is 0 Å². The second kappa shape index (κ2) is 9.26. The number of nitrogens with one attached hydrogen (secondary N) is 3. The minimum atomic E-state index is -1.12. The van der Waals surface area contributed by atoms with Gasteiger partial charge in [0, 0.05) is 6.04 Å². The third-order valence-corrected chi connectivity index (χ3v) is 2.31. The van der Waals surface area contributed by atoms with Crippen LogP contribution in [0.2, 0.25) is 0 Å². The van der Waals surface area contributed by atoms with Crippen molar-refractivity contribution in [2.45, 2.75) is 39.2 Å². The molecule has 0 aromatic rings. The van der Waals surface area contributed by atoms with E-state index in [1.165, 1.54) is 0 Å². The first kappa shape index (κ1) is 16.2. The van der Waals surface area contributed by atoms with Gasteiger partial charge in [0.1, 0.15) is 6.54 Å². The Balaban J connectivity index is 3.81. The number of carboxylic acids is 1. The van der Waals surface area contributed by atoms with Crippen LogP contribution in [0, 0.1) is 0 Å². The lowest BCUT2D eigenvalue weighted by atomic mass is 10.1. The van der Waals surface area contributed by atoms with Crippen LogP contribution in [0.5, 0.6) is 0 Å². The predicted octanol–water partition coefficient (Wildman–Crippen LogP) is 0.0651. The van der Waals surface area contributed by atoms with Gasteiger partial charge < -0.3 is 21.1 Å². The molecule has 0 aliphatic carbocycles. The average molecular weight is 259 g/mol. The minimum absolute atomic E-state index is 0.0945. The van der Waals surface area contributed by atoms with Crippen LogP contribution in [-0.4, -0.2) is 42.1 Å². The van der Waals surface area contributed by atoms with E-state index in [2.05, 4.69) is 16.0 Å². The maximum atomic E-state index is 11.4. The number of hydrogen-bond acceptors (Lipinski definition) is 3. The molecule has 3 amide bonds. The summed E-state index contributed by atoms with van der Waals surface area (Å²) >= 11 is 0. The van der Waals surface area contributed by atoms with Crippen molar-refractivity contribution in [3.63, 3.8) is 0 Å². The number of carbonyl (C=O) groups excluding carboxylic acids is 2. The highest BCUT2D eigenvalue weighted by Gasteiger charge is 2.10. The zero-order valence-corrected chi connectivity index (χ0v) is 10.8. The molecule has 0 rings (SSSR count). The van der Waals surface area contributed by atoms with E-state index in [1.807, 2.05) is 13.8 Å². The van der Waals surface area contributed by atoms with Gasteiger partial charge in [-0.2, -0.15) is 0 Å². The molecule has 0 radical (unpaired) electrons. The number of urea groups is 1. The summed E-state index contributed by atoms with van der Waals surface area (Å²) in [6.45, 7) is 3.32. The molecule has 0 aromatic carbocycles. The van der Waals surface area contributed by atoms with Crippen LogP contribution >= 0.6 is 0 Å². The number of carbonyl (C=O) groups is 3. The molecule has 0 aromatic heterocycles. The lowest BCUT2D eigenvalue weighted by Crippen LogP contribution is -2.46. The smallest absolute Gasteiger partial charge is 0.322 e. The van der Waals surface area contributed by atoms with Gasteiger partial charge in [-0.15, -0.1) is 0 Å². The molecule has 7 nitrogen and oxygen atoms in total. The third kappa shape index (κ3) is 8.37. The second-order valence-electron chi connectivity index (χ2n) is 3.89. The summed E-state index contributed by atoms with van der Waals surface area (Å²) in [6, 6.07) is -0.321. The molecule has 0 heterocycles. The maximum absolute atomic E-state index is 11.4. The highest BCUT2D eigenvalue weighted by molar-refractivity contribution is 5.86. The number of rotatable bonds is 8. The van der Waals surface area contributed by atoms with Crippen LogP contribution in [0.4, 0.5) is 4.79 Å². The van der Waals surface area contributed by atoms with E-state index < -0.39 is 24.5 Å². The van der Waals surface area contributed by atoms with Crippen molar-refractivity contribution >= 4 is 17.9 Å². The quantitative estimate of drug-likeness (QED) is 0.494. The summed E-state index contributed by atoms with van der Waals surface area (Å²) in [4.78, 5) is 32.7. The van der Waals surface area contributed by atoms with Gasteiger partial charge in [-0.25, -0.2) is 4.79 Å². The summed E-state index contributed by atoms with van der Waals surface area (Å²) in [6.07, 6.45) is 2.68. The molecule has 1 atom stereocenters. The van der Waals surface area contributed by atoms with E-state index in [-0.39, 0.29) is 12.6 Å². The zero-order chi connectivity index (χ0) is 14.0. The lowest BCUT2D eigenvalue weighted by molar-refractivity contribution is -0.137. The van der Waals surface area contributed by atoms with Gasteiger partial charge in [0.25, 0.3) is 0 Å². The van der Waals surface area contributed by atoms with E-state index >= 15 is 0 Å². The van der Waals surface area contributed by atoms with E-state index in [9.17, 15) is 14.4 Å². The van der Waals surface area contributed by atoms with Crippen LogP contribution in [0.25, 0.3) is 0 Å². The Hall–Kier alpha value is -1.79. The second-order valence-corrected chi connectivity index (χ2v) is 3.89. The predicted molar refractivity (Wildman–Crippen MR) is 66.2 cm³/mol. The SMILES string of the molecule is CCCC(CC)NC(=O)NCC(=O)NCC(=O)O. The maximum Gasteiger partial charge on any atom is 0.322 e. The Morgan fingerprint density at radius 1 is 1.11 bits per heavy atom. The first-order chi connectivity index (χ1) is 8.49. The fraction of sp³-hybridized carbons (Fsp3) is 0.727. The van der Waals surface area contributed by atoms with Crippen molar-refractivity contribution < 1.29 is 19.5 Å². The van der Waals surface area contributed by atoms with Gasteiger partial charge in [0.2, 0.25) is 5.91 Å². The Kier molecular flexibility index (Phi) is 8.34. The first-order valence-corrected chi connectivity index (χ1v) is 6.02. The van der Waals surface area contributed by atoms with Crippen molar-refractivity contribution in [3.8, 4) is 0 Å². The van der Waals surface area contributed by atoms with Crippen molar-refractivity contribution in [2.75, 3.05) is 13.1 Å². The lowest BCUT2D eigenvalue weighted by Gasteiger charge is -2.16. The highest BCUT2D eigenvalue weighted by Crippen LogP contribution is 1.99. The monoisotopic (exact) mass is 259 g/mol. The van der Waals surface area contributed by atoms with Crippen LogP contribution in [-0.2, 0) is 9.59 Å². The molecule has 0 bridgehead atoms. The topological polar surface area (TPSA) is 108 Å². The molecule has 1 unspecified atom stereocenters. The van der Waals surface area contributed by atoms with Crippen LogP contribution in [0.15, 0.2) is 0 Å². The molecule has 0 fully saturated rings. The zero-order valence-electron chi connectivity index (χ0n) is 10.8. The summed E-state index contributed by atoms with van der Waals surface area (Å²) in [5.74, 6) is -1.65. The molecular weight excluding hydrogens is 238 g/mol. The molecule has 0 aliphatic heterocycles. The van der Waals surface area contributed by atoms with Gasteiger partial charge in [-0.3, -0.25) is 9.59 Å². The molecular formula is C11H21N3O4. The molecule has 0 aliphatic rings. The molecule has 18 heavy (non-hydrogen) atoms. The first-order valence-electron chi connectivity index (χ1n) is 6.02. The highest BCUT2D eigenvalue weighted by atomic mass is 16.4. The third-order valence-electron chi connectivity index (χ3n) is 2.31. The van der Waals surface area contributed by atoms with Crippen molar-refractivity contribution in [3.05, 3.63) is 0 Å². The summed E-state index contributed by atoms with van der Waals surface area (Å²) in [5.41, 5.74) is 0. The fourth-order valence-electron chi connectivity index (χ4n) is 1.36. The van der Waals surface area contributed by atoms with Crippen LogP contribution < -0.4 is 16.0 Å². The van der Waals surface area contributed by atoms with Gasteiger partial charge in [-0.05, 0) is 12.8 Å². The van der Waals surface area contributed by atoms with Crippen molar-refractivity contribution in [1.29, 1.82) is 0 Å². The molecule has 0 saturated carbocycles. The van der Waals surface area contributed by atoms with Gasteiger partial charge in [-0.1, -0.05) is 20.3 Å². The molecule has 4 N–H and O–H groups in total. The minimum Gasteiger partial charge on any atom is -0.480 e. The molecule has 0 spiro atoms. The standard InChI is InChI=1S/C11H21N3O4/c1-3-5-8(4-2)14-11(18)13-6-9(15)12-7-10(16)17/h8H,3-7H2,1-2H3,(H,12,15)(H,16,17)(H2,13,14,18). The van der Waals surface area contributed by atoms with Gasteiger partial charge in [0.05, 0.1) is 6.54 Å². The molecule has 7 heteroatoms. The summed E-state index contributed by atoms with van der Waals surface area (Å²) in [7, 11) is 0. The summed E-state index contributed by atoms with van der Waals surface area (Å²) in [5, 5.41) is 15.6. The number of aliphatic carboxylic acids is 1. The Labute approximate surface area is 106 Å². The Morgan fingerprint density at radius 2 is 1.78 bits per heavy atom. The largest absolute Gasteiger partial charge is 0.480 e. The van der Waals surface area contributed by atoms with E-state index in [0.717, 1.165) is 19.3 Å².